The summed E-state index contributed by atoms with van der Waals surface area (Å²) in [6.45, 7) is 5.77. The standard InChI is InChI=1S/C18H20N2O3S/c1-13(17-3-2-10-24-17)19-6-8-20(9-7-19)18(21)14-4-5-15-16(11-14)23-12-22-15/h2-5,10-11,13H,6-9,12H2,1H3. The molecule has 1 unspecified atom stereocenters. The van der Waals surface area contributed by atoms with Gasteiger partial charge in [0, 0.05) is 42.7 Å². The Labute approximate surface area is 145 Å². The quantitative estimate of drug-likeness (QED) is 0.858. The van der Waals surface area contributed by atoms with Crippen molar-refractivity contribution in [3.63, 3.8) is 0 Å². The van der Waals surface area contributed by atoms with Crippen LogP contribution < -0.4 is 9.47 Å². The average molecular weight is 344 g/mol. The van der Waals surface area contributed by atoms with Crippen LogP contribution in [0.1, 0.15) is 28.2 Å². The molecule has 3 heterocycles. The molecule has 1 aromatic heterocycles. The van der Waals surface area contributed by atoms with Gasteiger partial charge in [-0.3, -0.25) is 9.69 Å². The molecule has 24 heavy (non-hydrogen) atoms. The van der Waals surface area contributed by atoms with Gasteiger partial charge in [0.2, 0.25) is 6.79 Å². The zero-order valence-electron chi connectivity index (χ0n) is 13.6. The minimum Gasteiger partial charge on any atom is -0.454 e. The SMILES string of the molecule is CC(c1cccs1)N1CCN(C(=O)c2ccc3c(c2)OCO3)CC1. The van der Waals surface area contributed by atoms with Crippen molar-refractivity contribution >= 4 is 17.2 Å². The third kappa shape index (κ3) is 2.87. The first-order valence-corrected chi connectivity index (χ1v) is 9.07. The minimum absolute atomic E-state index is 0.0664. The molecule has 0 radical (unpaired) electrons. The van der Waals surface area contributed by atoms with Crippen LogP contribution in [0.3, 0.4) is 0 Å². The van der Waals surface area contributed by atoms with Crippen LogP contribution in [0, 0.1) is 0 Å². The van der Waals surface area contributed by atoms with Crippen LogP contribution in [-0.2, 0) is 0 Å². The van der Waals surface area contributed by atoms with Crippen molar-refractivity contribution in [1.29, 1.82) is 0 Å². The number of ether oxygens (including phenoxy) is 2. The molecular formula is C18H20N2O3S. The van der Waals surface area contributed by atoms with Crippen LogP contribution in [0.4, 0.5) is 0 Å². The zero-order valence-corrected chi connectivity index (χ0v) is 14.4. The summed E-state index contributed by atoms with van der Waals surface area (Å²) >= 11 is 1.79. The summed E-state index contributed by atoms with van der Waals surface area (Å²) < 4.78 is 10.7. The van der Waals surface area contributed by atoms with Gasteiger partial charge >= 0.3 is 0 Å². The number of carbonyl (C=O) groups is 1. The van der Waals surface area contributed by atoms with Gasteiger partial charge in [0.15, 0.2) is 11.5 Å². The largest absolute Gasteiger partial charge is 0.454 e. The molecule has 126 valence electrons. The topological polar surface area (TPSA) is 42.0 Å². The van der Waals surface area contributed by atoms with E-state index in [9.17, 15) is 4.79 Å². The molecule has 4 rings (SSSR count). The maximum atomic E-state index is 12.7. The first-order valence-electron chi connectivity index (χ1n) is 8.19. The van der Waals surface area contributed by atoms with Gasteiger partial charge in [-0.15, -0.1) is 11.3 Å². The van der Waals surface area contributed by atoms with Gasteiger partial charge in [0.25, 0.3) is 5.91 Å². The van der Waals surface area contributed by atoms with Gasteiger partial charge in [-0.25, -0.2) is 0 Å². The highest BCUT2D eigenvalue weighted by atomic mass is 32.1. The van der Waals surface area contributed by atoms with Crippen LogP contribution in [0.15, 0.2) is 35.7 Å². The predicted molar refractivity (Wildman–Crippen MR) is 92.8 cm³/mol. The van der Waals surface area contributed by atoms with E-state index in [1.807, 2.05) is 17.0 Å². The van der Waals surface area contributed by atoms with Crippen molar-refractivity contribution in [3.8, 4) is 11.5 Å². The highest BCUT2D eigenvalue weighted by Crippen LogP contribution is 2.33. The lowest BCUT2D eigenvalue weighted by Crippen LogP contribution is -2.49. The summed E-state index contributed by atoms with van der Waals surface area (Å²) in [5.74, 6) is 1.43. The van der Waals surface area contributed by atoms with Gasteiger partial charge in [0.1, 0.15) is 0 Å². The minimum atomic E-state index is 0.0664. The first-order chi connectivity index (χ1) is 11.7. The molecule has 6 heteroatoms. The highest BCUT2D eigenvalue weighted by molar-refractivity contribution is 7.10. The summed E-state index contributed by atoms with van der Waals surface area (Å²) in [6, 6.07) is 10.1. The molecule has 2 aromatic rings. The molecule has 2 aliphatic rings. The molecule has 1 atom stereocenters. The summed E-state index contributed by atoms with van der Waals surface area (Å²) in [4.78, 5) is 18.5. The fourth-order valence-corrected chi connectivity index (χ4v) is 4.05. The van der Waals surface area contributed by atoms with Crippen molar-refractivity contribution in [2.45, 2.75) is 13.0 Å². The third-order valence-electron chi connectivity index (χ3n) is 4.72. The highest BCUT2D eigenvalue weighted by Gasteiger charge is 2.26. The Bertz CT molecular complexity index is 724. The number of piperazine rings is 1. The van der Waals surface area contributed by atoms with E-state index >= 15 is 0 Å². The Kier molecular flexibility index (Phi) is 4.16. The smallest absolute Gasteiger partial charge is 0.254 e. The van der Waals surface area contributed by atoms with Crippen molar-refractivity contribution < 1.29 is 14.3 Å². The lowest BCUT2D eigenvalue weighted by atomic mass is 10.1. The molecule has 0 saturated carbocycles. The van der Waals surface area contributed by atoms with E-state index in [0.29, 0.717) is 23.1 Å². The van der Waals surface area contributed by atoms with Gasteiger partial charge < -0.3 is 14.4 Å². The first kappa shape index (κ1) is 15.5. The molecule has 1 aromatic carbocycles. The zero-order chi connectivity index (χ0) is 16.5. The predicted octanol–water partition coefficient (Wildman–Crippen LogP) is 3.00. The van der Waals surface area contributed by atoms with Crippen LogP contribution in [0.2, 0.25) is 0 Å². The maximum absolute atomic E-state index is 12.7. The number of thiophene rings is 1. The number of benzene rings is 1. The Morgan fingerprint density at radius 2 is 1.92 bits per heavy atom. The van der Waals surface area contributed by atoms with Crippen LogP contribution >= 0.6 is 11.3 Å². The lowest BCUT2D eigenvalue weighted by Gasteiger charge is -2.37. The third-order valence-corrected chi connectivity index (χ3v) is 5.77. The Balaban J connectivity index is 1.39. The van der Waals surface area contributed by atoms with E-state index in [-0.39, 0.29) is 12.7 Å². The molecule has 1 amide bonds. The molecular weight excluding hydrogens is 324 g/mol. The molecule has 0 spiro atoms. The lowest BCUT2D eigenvalue weighted by molar-refractivity contribution is 0.0584. The molecule has 1 saturated heterocycles. The number of amides is 1. The second-order valence-corrected chi connectivity index (χ2v) is 7.07. The summed E-state index contributed by atoms with van der Waals surface area (Å²) in [5.41, 5.74) is 0.666. The number of rotatable bonds is 3. The summed E-state index contributed by atoms with van der Waals surface area (Å²) in [5, 5.41) is 2.12. The van der Waals surface area contributed by atoms with E-state index < -0.39 is 0 Å². The summed E-state index contributed by atoms with van der Waals surface area (Å²) in [6.07, 6.45) is 0. The number of fused-ring (bicyclic) bond motifs is 1. The number of hydrogen-bond acceptors (Lipinski definition) is 5. The number of carbonyl (C=O) groups excluding carboxylic acids is 1. The molecule has 0 bridgehead atoms. The number of hydrogen-bond donors (Lipinski definition) is 0. The maximum Gasteiger partial charge on any atom is 0.254 e. The normalized spacial score (nSPS) is 18.6. The van der Waals surface area contributed by atoms with Gasteiger partial charge in [-0.2, -0.15) is 0 Å². The van der Waals surface area contributed by atoms with E-state index in [0.717, 1.165) is 26.2 Å². The van der Waals surface area contributed by atoms with E-state index in [2.05, 4.69) is 29.3 Å². The molecule has 5 nitrogen and oxygen atoms in total. The van der Waals surface area contributed by atoms with Gasteiger partial charge in [0.05, 0.1) is 0 Å². The fraction of sp³-hybridized carbons (Fsp3) is 0.389. The number of nitrogens with zero attached hydrogens (tertiary/aromatic N) is 2. The van der Waals surface area contributed by atoms with E-state index in [4.69, 9.17) is 9.47 Å². The van der Waals surface area contributed by atoms with Gasteiger partial charge in [-0.1, -0.05) is 6.07 Å². The van der Waals surface area contributed by atoms with Gasteiger partial charge in [-0.05, 0) is 36.6 Å². The van der Waals surface area contributed by atoms with Crippen molar-refractivity contribution in [1.82, 2.24) is 9.80 Å². The molecule has 0 N–H and O–H groups in total. The molecule has 1 fully saturated rings. The Morgan fingerprint density at radius 3 is 2.67 bits per heavy atom. The van der Waals surface area contributed by atoms with Crippen LogP contribution in [0.5, 0.6) is 11.5 Å². The van der Waals surface area contributed by atoms with Crippen molar-refractivity contribution in [2.75, 3.05) is 33.0 Å². The average Bonchev–Trinajstić information content (AvgIpc) is 3.31. The van der Waals surface area contributed by atoms with E-state index in [1.54, 1.807) is 17.4 Å². The fourth-order valence-electron chi connectivity index (χ4n) is 3.23. The second kappa shape index (κ2) is 6.45. The molecule has 0 aliphatic carbocycles. The molecule has 2 aliphatic heterocycles. The van der Waals surface area contributed by atoms with Crippen LogP contribution in [0.25, 0.3) is 0 Å². The summed E-state index contributed by atoms with van der Waals surface area (Å²) in [7, 11) is 0. The Morgan fingerprint density at radius 1 is 1.12 bits per heavy atom. The second-order valence-electron chi connectivity index (χ2n) is 6.09. The van der Waals surface area contributed by atoms with Crippen molar-refractivity contribution in [2.24, 2.45) is 0 Å². The van der Waals surface area contributed by atoms with Crippen LogP contribution in [-0.4, -0.2) is 48.7 Å². The van der Waals surface area contributed by atoms with Crippen molar-refractivity contribution in [3.05, 3.63) is 46.2 Å². The Hall–Kier alpha value is -2.05. The monoisotopic (exact) mass is 344 g/mol. The van der Waals surface area contributed by atoms with E-state index in [1.165, 1.54) is 4.88 Å².